The Balaban J connectivity index is 1.19. The summed E-state index contributed by atoms with van der Waals surface area (Å²) in [6.07, 6.45) is 6.06. The molecule has 0 radical (unpaired) electrons. The third-order valence-electron chi connectivity index (χ3n) is 7.24. The number of halogens is 1. The van der Waals surface area contributed by atoms with Crippen LogP contribution in [0.3, 0.4) is 0 Å². The lowest BCUT2D eigenvalue weighted by atomic mass is 9.93. The molecule has 0 spiro atoms. The second-order valence-electron chi connectivity index (χ2n) is 9.32. The monoisotopic (exact) mass is 491 g/mol. The van der Waals surface area contributed by atoms with Crippen molar-refractivity contribution in [2.24, 2.45) is 5.92 Å². The number of methoxy groups -OCH3 is 2. The number of nitrogens with one attached hydrogen (secondary N) is 1. The first-order valence-electron chi connectivity index (χ1n) is 12.2. The number of carbonyl (C=O) groups is 2. The van der Waals surface area contributed by atoms with Gasteiger partial charge in [0, 0.05) is 66.4 Å². The molecule has 0 unspecified atom stereocenters. The van der Waals surface area contributed by atoms with Crippen molar-refractivity contribution in [3.05, 3.63) is 65.6 Å². The van der Waals surface area contributed by atoms with Gasteiger partial charge in [-0.05, 0) is 55.2 Å². The summed E-state index contributed by atoms with van der Waals surface area (Å²) < 4.78 is 24.1. The number of amides is 2. The topological polar surface area (TPSA) is 74.9 Å². The molecule has 2 aliphatic rings. The molecule has 2 aromatic carbocycles. The second kappa shape index (κ2) is 10.0. The van der Waals surface area contributed by atoms with Crippen LogP contribution in [0.25, 0.3) is 16.5 Å². The van der Waals surface area contributed by atoms with Crippen LogP contribution in [0.5, 0.6) is 11.5 Å². The molecule has 1 N–H and O–H groups in total. The van der Waals surface area contributed by atoms with Crippen LogP contribution in [-0.4, -0.2) is 67.0 Å². The number of fused-ring (bicyclic) bond motifs is 1. The van der Waals surface area contributed by atoms with Gasteiger partial charge < -0.3 is 24.3 Å². The maximum atomic E-state index is 13.5. The maximum absolute atomic E-state index is 13.5. The highest BCUT2D eigenvalue weighted by Crippen LogP contribution is 2.31. The van der Waals surface area contributed by atoms with Crippen molar-refractivity contribution < 1.29 is 23.5 Å². The molecule has 7 nitrogen and oxygen atoms in total. The van der Waals surface area contributed by atoms with E-state index >= 15 is 0 Å². The summed E-state index contributed by atoms with van der Waals surface area (Å²) in [5, 5.41) is 0.994. The zero-order chi connectivity index (χ0) is 25.2. The van der Waals surface area contributed by atoms with Crippen molar-refractivity contribution in [3.63, 3.8) is 0 Å². The molecular weight excluding hydrogens is 461 g/mol. The number of carbonyl (C=O) groups excluding carboxylic acids is 2. The van der Waals surface area contributed by atoms with Crippen LogP contribution >= 0.6 is 0 Å². The Kier molecular flexibility index (Phi) is 6.67. The van der Waals surface area contributed by atoms with Crippen LogP contribution in [0.1, 0.15) is 35.2 Å². The average Bonchev–Trinajstić information content (AvgIpc) is 3.35. The van der Waals surface area contributed by atoms with E-state index < -0.39 is 0 Å². The number of hydrogen-bond donors (Lipinski definition) is 1. The van der Waals surface area contributed by atoms with Crippen molar-refractivity contribution in [2.75, 3.05) is 40.4 Å². The van der Waals surface area contributed by atoms with Gasteiger partial charge in [-0.15, -0.1) is 0 Å². The molecular formula is C28H30FN3O4. The number of nitrogens with zero attached hydrogens (tertiary/aromatic N) is 2. The van der Waals surface area contributed by atoms with Crippen molar-refractivity contribution in [2.45, 2.75) is 19.3 Å². The summed E-state index contributed by atoms with van der Waals surface area (Å²) in [4.78, 5) is 33.1. The number of rotatable bonds is 5. The highest BCUT2D eigenvalue weighted by Gasteiger charge is 2.31. The Labute approximate surface area is 209 Å². The van der Waals surface area contributed by atoms with E-state index in [4.69, 9.17) is 9.47 Å². The van der Waals surface area contributed by atoms with Crippen LogP contribution in [0.2, 0.25) is 0 Å². The number of aromatic nitrogens is 1. The summed E-state index contributed by atoms with van der Waals surface area (Å²) in [5.41, 5.74) is 3.53. The summed E-state index contributed by atoms with van der Waals surface area (Å²) in [6, 6.07) is 9.93. The molecule has 8 heteroatoms. The molecule has 3 aromatic rings. The number of likely N-dealkylation sites (tertiary alicyclic amines) is 1. The van der Waals surface area contributed by atoms with Crippen molar-refractivity contribution in [1.29, 1.82) is 0 Å². The van der Waals surface area contributed by atoms with E-state index in [1.165, 1.54) is 17.7 Å². The molecule has 2 aliphatic heterocycles. The largest absolute Gasteiger partial charge is 0.497 e. The zero-order valence-electron chi connectivity index (χ0n) is 20.6. The number of H-pyrrole nitrogens is 1. The minimum absolute atomic E-state index is 0.0812. The summed E-state index contributed by atoms with van der Waals surface area (Å²) in [6.45, 7) is 2.29. The molecule has 2 amide bonds. The van der Waals surface area contributed by atoms with Crippen molar-refractivity contribution in [1.82, 2.24) is 14.8 Å². The van der Waals surface area contributed by atoms with Gasteiger partial charge in [0.2, 0.25) is 5.91 Å². The van der Waals surface area contributed by atoms with Gasteiger partial charge in [0.1, 0.15) is 17.3 Å². The van der Waals surface area contributed by atoms with Gasteiger partial charge in [-0.3, -0.25) is 9.59 Å². The first-order chi connectivity index (χ1) is 17.5. The Hall–Kier alpha value is -3.81. The summed E-state index contributed by atoms with van der Waals surface area (Å²) in [5.74, 6) is 0.866. The van der Waals surface area contributed by atoms with Gasteiger partial charge in [0.15, 0.2) is 0 Å². The van der Waals surface area contributed by atoms with E-state index in [2.05, 4.69) is 11.1 Å². The maximum Gasteiger partial charge on any atom is 0.254 e. The number of benzene rings is 2. The number of hydrogen-bond acceptors (Lipinski definition) is 4. The van der Waals surface area contributed by atoms with Gasteiger partial charge >= 0.3 is 0 Å². The average molecular weight is 492 g/mol. The minimum Gasteiger partial charge on any atom is -0.497 e. The van der Waals surface area contributed by atoms with E-state index in [0.717, 1.165) is 22.9 Å². The van der Waals surface area contributed by atoms with Crippen LogP contribution < -0.4 is 9.47 Å². The molecule has 1 aromatic heterocycles. The zero-order valence-corrected chi connectivity index (χ0v) is 20.6. The fourth-order valence-corrected chi connectivity index (χ4v) is 5.18. The molecule has 5 rings (SSSR count). The number of aromatic amines is 1. The summed E-state index contributed by atoms with van der Waals surface area (Å²) >= 11 is 0. The lowest BCUT2D eigenvalue weighted by Gasteiger charge is -2.35. The van der Waals surface area contributed by atoms with E-state index in [-0.39, 0.29) is 23.5 Å². The van der Waals surface area contributed by atoms with Crippen molar-refractivity contribution >= 4 is 28.3 Å². The van der Waals surface area contributed by atoms with E-state index in [1.54, 1.807) is 43.4 Å². The SMILES string of the molecule is COc1cc(OC)cc(C(=O)N2CCC(C(=O)N3CC=C(c4c[nH]c5cc(F)ccc45)CC3)CC2)c1. The highest BCUT2D eigenvalue weighted by atomic mass is 19.1. The molecule has 3 heterocycles. The smallest absolute Gasteiger partial charge is 0.254 e. The Morgan fingerprint density at radius 2 is 1.69 bits per heavy atom. The normalized spacial score (nSPS) is 16.7. The van der Waals surface area contributed by atoms with Crippen molar-refractivity contribution in [3.8, 4) is 11.5 Å². The van der Waals surface area contributed by atoms with E-state index in [1.807, 2.05) is 11.1 Å². The second-order valence-corrected chi connectivity index (χ2v) is 9.32. The highest BCUT2D eigenvalue weighted by molar-refractivity contribution is 5.95. The van der Waals surface area contributed by atoms with Crippen LogP contribution in [0.15, 0.2) is 48.7 Å². The molecule has 36 heavy (non-hydrogen) atoms. The molecule has 0 saturated carbocycles. The first-order valence-corrected chi connectivity index (χ1v) is 12.2. The van der Waals surface area contributed by atoms with Gasteiger partial charge in [0.05, 0.1) is 14.2 Å². The first kappa shape index (κ1) is 23.9. The van der Waals surface area contributed by atoms with Gasteiger partial charge in [-0.25, -0.2) is 4.39 Å². The third-order valence-corrected chi connectivity index (χ3v) is 7.24. The molecule has 1 saturated heterocycles. The fraction of sp³-hybridized carbons (Fsp3) is 0.357. The Morgan fingerprint density at radius 1 is 0.972 bits per heavy atom. The Bertz CT molecular complexity index is 1300. The van der Waals surface area contributed by atoms with Gasteiger partial charge in [0.25, 0.3) is 5.91 Å². The van der Waals surface area contributed by atoms with Crippen LogP contribution in [-0.2, 0) is 4.79 Å². The number of ether oxygens (including phenoxy) is 2. The van der Waals surface area contributed by atoms with Crippen LogP contribution in [0.4, 0.5) is 4.39 Å². The van der Waals surface area contributed by atoms with E-state index in [0.29, 0.717) is 56.1 Å². The number of piperidine rings is 1. The molecule has 0 aliphatic carbocycles. The molecule has 0 bridgehead atoms. The lowest BCUT2D eigenvalue weighted by Crippen LogP contribution is -2.45. The minimum atomic E-state index is -0.263. The predicted molar refractivity (Wildman–Crippen MR) is 136 cm³/mol. The third kappa shape index (κ3) is 4.67. The van der Waals surface area contributed by atoms with Crippen LogP contribution in [0, 0.1) is 11.7 Å². The molecule has 0 atom stereocenters. The predicted octanol–water partition coefficient (Wildman–Crippen LogP) is 4.49. The standard InChI is InChI=1S/C28H30FN3O4/c1-35-22-13-20(14-23(16-22)36-2)28(34)32-11-7-19(8-12-32)27(33)31-9-5-18(6-10-31)25-17-30-26-15-21(29)3-4-24(25)26/h3-5,13-17,19,30H,6-12H2,1-2H3. The van der Waals surface area contributed by atoms with Gasteiger partial charge in [-0.2, -0.15) is 0 Å². The van der Waals surface area contributed by atoms with Gasteiger partial charge in [-0.1, -0.05) is 6.08 Å². The molecule has 188 valence electrons. The Morgan fingerprint density at radius 3 is 2.33 bits per heavy atom. The lowest BCUT2D eigenvalue weighted by molar-refractivity contribution is -0.136. The summed E-state index contributed by atoms with van der Waals surface area (Å²) in [7, 11) is 3.11. The quantitative estimate of drug-likeness (QED) is 0.571. The fourth-order valence-electron chi connectivity index (χ4n) is 5.18. The molecule has 1 fully saturated rings. The van der Waals surface area contributed by atoms with E-state index in [9.17, 15) is 14.0 Å².